The van der Waals surface area contributed by atoms with Crippen molar-refractivity contribution in [3.8, 4) is 5.75 Å². The number of amides is 1. The number of unbranched alkanes of at least 4 members (excludes halogenated alkanes) is 1. The van der Waals surface area contributed by atoms with Crippen LogP contribution in [0.5, 0.6) is 5.75 Å². The molecular formula is C19H26N4O2. The summed E-state index contributed by atoms with van der Waals surface area (Å²) in [4.78, 5) is 23.3. The minimum Gasteiger partial charge on any atom is -0.496 e. The molecule has 0 atom stereocenters. The molecule has 6 nitrogen and oxygen atoms in total. The Morgan fingerprint density at radius 3 is 2.76 bits per heavy atom. The summed E-state index contributed by atoms with van der Waals surface area (Å²) in [5.74, 6) is 1.11. The fourth-order valence-corrected chi connectivity index (χ4v) is 2.45. The van der Waals surface area contributed by atoms with Crippen LogP contribution in [-0.4, -0.2) is 36.6 Å². The largest absolute Gasteiger partial charge is 0.496 e. The predicted octanol–water partition coefficient (Wildman–Crippen LogP) is 2.96. The van der Waals surface area contributed by atoms with Crippen LogP contribution in [0.15, 0.2) is 30.3 Å². The van der Waals surface area contributed by atoms with Crippen LogP contribution in [0.25, 0.3) is 0 Å². The molecule has 1 heterocycles. The summed E-state index contributed by atoms with van der Waals surface area (Å²) in [6.07, 6.45) is 2.16. The van der Waals surface area contributed by atoms with Gasteiger partial charge in [0.1, 0.15) is 11.4 Å². The molecule has 25 heavy (non-hydrogen) atoms. The molecule has 0 spiro atoms. The molecule has 2 rings (SSSR count). The zero-order valence-electron chi connectivity index (χ0n) is 15.4. The Labute approximate surface area is 149 Å². The fourth-order valence-electron chi connectivity index (χ4n) is 2.45. The molecule has 0 radical (unpaired) electrons. The summed E-state index contributed by atoms with van der Waals surface area (Å²) in [7, 11) is 3.56. The smallest absolute Gasteiger partial charge is 0.270 e. The number of carbonyl (C=O) groups is 1. The summed E-state index contributed by atoms with van der Waals surface area (Å²) in [6, 6.07) is 9.32. The van der Waals surface area contributed by atoms with Crippen molar-refractivity contribution in [1.82, 2.24) is 15.3 Å². The van der Waals surface area contributed by atoms with Gasteiger partial charge in [-0.25, -0.2) is 9.97 Å². The van der Waals surface area contributed by atoms with Gasteiger partial charge in [-0.2, -0.15) is 0 Å². The lowest BCUT2D eigenvalue weighted by Crippen LogP contribution is -2.27. The Morgan fingerprint density at radius 2 is 2.04 bits per heavy atom. The molecule has 0 aliphatic heterocycles. The lowest BCUT2D eigenvalue weighted by Gasteiger charge is -2.17. The highest BCUT2D eigenvalue weighted by atomic mass is 16.5. The third kappa shape index (κ3) is 5.17. The van der Waals surface area contributed by atoms with Crippen molar-refractivity contribution < 1.29 is 9.53 Å². The number of hydrogen-bond donors (Lipinski definition) is 1. The van der Waals surface area contributed by atoms with E-state index in [1.54, 1.807) is 13.2 Å². The number of methoxy groups -OCH3 is 1. The van der Waals surface area contributed by atoms with E-state index < -0.39 is 0 Å². The molecule has 1 amide bonds. The van der Waals surface area contributed by atoms with E-state index >= 15 is 0 Å². The van der Waals surface area contributed by atoms with Gasteiger partial charge >= 0.3 is 0 Å². The number of benzene rings is 1. The van der Waals surface area contributed by atoms with Crippen molar-refractivity contribution in [2.45, 2.75) is 33.2 Å². The van der Waals surface area contributed by atoms with Crippen LogP contribution >= 0.6 is 0 Å². The Bertz CT molecular complexity index is 718. The maximum absolute atomic E-state index is 12.5. The molecule has 134 valence electrons. The molecule has 0 fully saturated rings. The van der Waals surface area contributed by atoms with Gasteiger partial charge in [-0.3, -0.25) is 4.79 Å². The quantitative estimate of drug-likeness (QED) is 0.799. The molecule has 0 unspecified atom stereocenters. The Balaban J connectivity index is 2.09. The number of anilines is 1. The second kappa shape index (κ2) is 9.01. The van der Waals surface area contributed by atoms with Crippen LogP contribution in [0.2, 0.25) is 0 Å². The van der Waals surface area contributed by atoms with Gasteiger partial charge in [0.2, 0.25) is 5.95 Å². The first-order valence-electron chi connectivity index (χ1n) is 8.52. The second-order valence-corrected chi connectivity index (χ2v) is 5.96. The average molecular weight is 342 g/mol. The van der Waals surface area contributed by atoms with E-state index in [0.29, 0.717) is 18.2 Å². The van der Waals surface area contributed by atoms with Crippen molar-refractivity contribution in [2.75, 3.05) is 25.6 Å². The van der Waals surface area contributed by atoms with E-state index in [-0.39, 0.29) is 5.91 Å². The molecule has 2 aromatic rings. The van der Waals surface area contributed by atoms with Crippen LogP contribution in [0.1, 0.15) is 41.5 Å². The van der Waals surface area contributed by atoms with Crippen molar-refractivity contribution in [2.24, 2.45) is 0 Å². The first kappa shape index (κ1) is 18.7. The number of aryl methyl sites for hydroxylation is 1. The monoisotopic (exact) mass is 342 g/mol. The van der Waals surface area contributed by atoms with Crippen molar-refractivity contribution in [1.29, 1.82) is 0 Å². The van der Waals surface area contributed by atoms with E-state index in [0.717, 1.165) is 36.4 Å². The van der Waals surface area contributed by atoms with E-state index in [1.807, 2.05) is 43.1 Å². The number of aromatic nitrogens is 2. The maximum Gasteiger partial charge on any atom is 0.270 e. The molecule has 1 aromatic carbocycles. The molecule has 1 N–H and O–H groups in total. The van der Waals surface area contributed by atoms with Crippen LogP contribution in [0.4, 0.5) is 5.95 Å². The van der Waals surface area contributed by atoms with Gasteiger partial charge in [-0.05, 0) is 25.5 Å². The van der Waals surface area contributed by atoms with E-state index in [4.69, 9.17) is 4.74 Å². The minimum absolute atomic E-state index is 0.221. The topological polar surface area (TPSA) is 67.4 Å². The molecule has 0 saturated carbocycles. The number of nitrogens with one attached hydrogen (secondary N) is 1. The Kier molecular flexibility index (Phi) is 6.74. The second-order valence-electron chi connectivity index (χ2n) is 5.96. The van der Waals surface area contributed by atoms with Crippen LogP contribution in [-0.2, 0) is 6.54 Å². The average Bonchev–Trinajstić information content (AvgIpc) is 2.63. The zero-order chi connectivity index (χ0) is 18.2. The normalized spacial score (nSPS) is 10.4. The Morgan fingerprint density at radius 1 is 1.28 bits per heavy atom. The number of rotatable bonds is 8. The van der Waals surface area contributed by atoms with E-state index in [2.05, 4.69) is 22.2 Å². The van der Waals surface area contributed by atoms with Crippen molar-refractivity contribution in [3.63, 3.8) is 0 Å². The van der Waals surface area contributed by atoms with Gasteiger partial charge in [0.25, 0.3) is 5.91 Å². The molecule has 0 bridgehead atoms. The molecule has 6 heteroatoms. The van der Waals surface area contributed by atoms with Crippen LogP contribution in [0.3, 0.4) is 0 Å². The predicted molar refractivity (Wildman–Crippen MR) is 99.1 cm³/mol. The summed E-state index contributed by atoms with van der Waals surface area (Å²) in [5, 5.41) is 2.90. The highest BCUT2D eigenvalue weighted by Crippen LogP contribution is 2.17. The number of ether oxygens (including phenoxy) is 1. The third-order valence-electron chi connectivity index (χ3n) is 3.90. The van der Waals surface area contributed by atoms with Gasteiger partial charge < -0.3 is 15.0 Å². The highest BCUT2D eigenvalue weighted by molar-refractivity contribution is 5.92. The molecular weight excluding hydrogens is 316 g/mol. The summed E-state index contributed by atoms with van der Waals surface area (Å²) in [6.45, 7) is 5.26. The maximum atomic E-state index is 12.5. The van der Waals surface area contributed by atoms with E-state index in [9.17, 15) is 4.79 Å². The van der Waals surface area contributed by atoms with Crippen molar-refractivity contribution >= 4 is 11.9 Å². The first-order valence-corrected chi connectivity index (χ1v) is 8.52. The highest BCUT2D eigenvalue weighted by Gasteiger charge is 2.13. The van der Waals surface area contributed by atoms with Gasteiger partial charge in [0.15, 0.2) is 0 Å². The zero-order valence-corrected chi connectivity index (χ0v) is 15.4. The minimum atomic E-state index is -0.221. The van der Waals surface area contributed by atoms with Crippen LogP contribution < -0.4 is 15.0 Å². The van der Waals surface area contributed by atoms with E-state index in [1.165, 1.54) is 0 Å². The number of hydrogen-bond acceptors (Lipinski definition) is 5. The van der Waals surface area contributed by atoms with Gasteiger partial charge in [-0.15, -0.1) is 0 Å². The number of carbonyl (C=O) groups excluding carboxylic acids is 1. The lowest BCUT2D eigenvalue weighted by molar-refractivity contribution is 0.0945. The molecule has 0 aliphatic carbocycles. The standard InChI is InChI=1S/C19H26N4O2/c1-5-6-11-23(3)19-21-14(2)12-16(22-19)18(24)20-13-15-9-7-8-10-17(15)25-4/h7-10,12H,5-6,11,13H2,1-4H3,(H,20,24). The summed E-state index contributed by atoms with van der Waals surface area (Å²) >= 11 is 0. The number of para-hydroxylation sites is 1. The molecule has 0 aliphatic rings. The molecule has 0 saturated heterocycles. The van der Waals surface area contributed by atoms with Crippen LogP contribution in [0, 0.1) is 6.92 Å². The van der Waals surface area contributed by atoms with Crippen molar-refractivity contribution in [3.05, 3.63) is 47.3 Å². The molecule has 1 aromatic heterocycles. The lowest BCUT2D eigenvalue weighted by atomic mass is 10.2. The SMILES string of the molecule is CCCCN(C)c1nc(C)cc(C(=O)NCc2ccccc2OC)n1. The fraction of sp³-hybridized carbons (Fsp3) is 0.421. The first-order chi connectivity index (χ1) is 12.0. The summed E-state index contributed by atoms with van der Waals surface area (Å²) < 4.78 is 5.31. The third-order valence-corrected chi connectivity index (χ3v) is 3.90. The van der Waals surface area contributed by atoms with Gasteiger partial charge in [-0.1, -0.05) is 31.5 Å². The van der Waals surface area contributed by atoms with Gasteiger partial charge in [0.05, 0.1) is 7.11 Å². The summed E-state index contributed by atoms with van der Waals surface area (Å²) in [5.41, 5.74) is 2.07. The Hall–Kier alpha value is -2.63. The van der Waals surface area contributed by atoms with Gasteiger partial charge in [0, 0.05) is 31.4 Å². The number of nitrogens with zero attached hydrogens (tertiary/aromatic N) is 3.